The predicted molar refractivity (Wildman–Crippen MR) is 109 cm³/mol. The van der Waals surface area contributed by atoms with Crippen LogP contribution in [0.25, 0.3) is 0 Å². The first-order chi connectivity index (χ1) is 12.2. The summed E-state index contributed by atoms with van der Waals surface area (Å²) in [5, 5.41) is 0. The number of aliphatic imine (C=N–C) groups is 1. The van der Waals surface area contributed by atoms with Crippen molar-refractivity contribution in [3.05, 3.63) is 57.1 Å². The van der Waals surface area contributed by atoms with Crippen molar-refractivity contribution >= 4 is 21.6 Å². The van der Waals surface area contributed by atoms with Crippen molar-refractivity contribution in [3.63, 3.8) is 0 Å². The van der Waals surface area contributed by atoms with Gasteiger partial charge >= 0.3 is 0 Å². The number of nitrogens with zero attached hydrogens (tertiary/aromatic N) is 1. The molecular formula is C22H24BrNO2. The molecule has 26 heavy (non-hydrogen) atoms. The van der Waals surface area contributed by atoms with E-state index in [9.17, 15) is 0 Å². The minimum absolute atomic E-state index is 0.153. The van der Waals surface area contributed by atoms with Crippen molar-refractivity contribution in [1.82, 2.24) is 0 Å². The fourth-order valence-electron chi connectivity index (χ4n) is 4.02. The molecule has 0 spiro atoms. The average Bonchev–Trinajstić information content (AvgIpc) is 2.88. The van der Waals surface area contributed by atoms with Gasteiger partial charge in [-0.05, 0) is 57.9 Å². The van der Waals surface area contributed by atoms with Gasteiger partial charge in [0.1, 0.15) is 5.60 Å². The SMILES string of the molecule is COc1cc2c(c3c1OC(C)(C)C3)CC(C)(C)N=C2c1cccc(Br)c1. The van der Waals surface area contributed by atoms with Gasteiger partial charge in [0.15, 0.2) is 11.5 Å². The molecular weight excluding hydrogens is 390 g/mol. The third-order valence-corrected chi connectivity index (χ3v) is 5.53. The number of fused-ring (bicyclic) bond motifs is 3. The van der Waals surface area contributed by atoms with Crippen LogP contribution in [-0.4, -0.2) is 24.0 Å². The monoisotopic (exact) mass is 413 g/mol. The molecule has 3 nitrogen and oxygen atoms in total. The summed E-state index contributed by atoms with van der Waals surface area (Å²) in [4.78, 5) is 5.10. The molecule has 4 rings (SSSR count). The van der Waals surface area contributed by atoms with Crippen LogP contribution in [0.5, 0.6) is 11.5 Å². The van der Waals surface area contributed by atoms with Crippen LogP contribution in [0, 0.1) is 0 Å². The van der Waals surface area contributed by atoms with Gasteiger partial charge in [0.2, 0.25) is 0 Å². The van der Waals surface area contributed by atoms with Crippen LogP contribution in [0.1, 0.15) is 49.9 Å². The highest BCUT2D eigenvalue weighted by molar-refractivity contribution is 9.10. The molecule has 2 aliphatic heterocycles. The molecule has 0 bridgehead atoms. The van der Waals surface area contributed by atoms with E-state index in [0.29, 0.717) is 0 Å². The van der Waals surface area contributed by atoms with Crippen molar-refractivity contribution in [2.24, 2.45) is 4.99 Å². The third-order valence-electron chi connectivity index (χ3n) is 5.04. The minimum atomic E-state index is -0.209. The number of hydrogen-bond donors (Lipinski definition) is 0. The fraction of sp³-hybridized carbons (Fsp3) is 0.409. The molecule has 0 atom stereocenters. The summed E-state index contributed by atoms with van der Waals surface area (Å²) < 4.78 is 13.0. The van der Waals surface area contributed by atoms with Crippen LogP contribution in [0.4, 0.5) is 0 Å². The first-order valence-electron chi connectivity index (χ1n) is 8.97. The van der Waals surface area contributed by atoms with E-state index >= 15 is 0 Å². The van der Waals surface area contributed by atoms with Crippen LogP contribution in [-0.2, 0) is 12.8 Å². The summed E-state index contributed by atoms with van der Waals surface area (Å²) >= 11 is 3.59. The van der Waals surface area contributed by atoms with Crippen molar-refractivity contribution in [3.8, 4) is 11.5 Å². The second-order valence-electron chi connectivity index (χ2n) is 8.41. The van der Waals surface area contributed by atoms with Crippen LogP contribution >= 0.6 is 15.9 Å². The molecule has 0 fully saturated rings. The van der Waals surface area contributed by atoms with Crippen LogP contribution in [0.15, 0.2) is 39.8 Å². The minimum Gasteiger partial charge on any atom is -0.493 e. The van der Waals surface area contributed by atoms with Gasteiger partial charge in [-0.3, -0.25) is 4.99 Å². The topological polar surface area (TPSA) is 30.8 Å². The molecule has 0 radical (unpaired) electrons. The average molecular weight is 414 g/mol. The predicted octanol–water partition coefficient (Wildman–Crippen LogP) is 5.34. The second kappa shape index (κ2) is 5.85. The first kappa shape index (κ1) is 17.6. The van der Waals surface area contributed by atoms with Crippen molar-refractivity contribution < 1.29 is 9.47 Å². The Balaban J connectivity index is 1.98. The Hall–Kier alpha value is -1.81. The Bertz CT molecular complexity index is 928. The van der Waals surface area contributed by atoms with Gasteiger partial charge in [-0.1, -0.05) is 28.1 Å². The lowest BCUT2D eigenvalue weighted by Crippen LogP contribution is -2.30. The van der Waals surface area contributed by atoms with Gasteiger partial charge in [0.05, 0.1) is 18.4 Å². The number of halogens is 1. The van der Waals surface area contributed by atoms with Crippen molar-refractivity contribution in [1.29, 1.82) is 0 Å². The molecule has 0 unspecified atom stereocenters. The number of methoxy groups -OCH3 is 1. The smallest absolute Gasteiger partial charge is 0.165 e. The Morgan fingerprint density at radius 2 is 1.85 bits per heavy atom. The lowest BCUT2D eigenvalue weighted by Gasteiger charge is -2.31. The number of ether oxygens (including phenoxy) is 2. The van der Waals surface area contributed by atoms with Gasteiger partial charge < -0.3 is 9.47 Å². The number of rotatable bonds is 2. The quantitative estimate of drug-likeness (QED) is 0.664. The van der Waals surface area contributed by atoms with E-state index in [1.54, 1.807) is 7.11 Å². The molecule has 0 N–H and O–H groups in total. The van der Waals surface area contributed by atoms with E-state index < -0.39 is 0 Å². The number of benzene rings is 2. The maximum Gasteiger partial charge on any atom is 0.165 e. The summed E-state index contributed by atoms with van der Waals surface area (Å²) in [6.07, 6.45) is 1.80. The highest BCUT2D eigenvalue weighted by Gasteiger charge is 2.39. The zero-order valence-corrected chi connectivity index (χ0v) is 17.5. The second-order valence-corrected chi connectivity index (χ2v) is 9.33. The molecule has 2 aromatic rings. The van der Waals surface area contributed by atoms with E-state index in [-0.39, 0.29) is 11.1 Å². The maximum atomic E-state index is 6.24. The Labute approximate surface area is 163 Å². The molecule has 2 aliphatic rings. The molecule has 4 heteroatoms. The van der Waals surface area contributed by atoms with Crippen molar-refractivity contribution in [2.75, 3.05) is 7.11 Å². The van der Waals surface area contributed by atoms with Crippen LogP contribution < -0.4 is 9.47 Å². The Morgan fingerprint density at radius 3 is 2.54 bits per heavy atom. The van der Waals surface area contributed by atoms with Crippen molar-refractivity contribution in [2.45, 2.75) is 51.7 Å². The van der Waals surface area contributed by atoms with E-state index in [4.69, 9.17) is 14.5 Å². The van der Waals surface area contributed by atoms with Gasteiger partial charge in [-0.15, -0.1) is 0 Å². The normalized spacial score (nSPS) is 19.2. The standard InChI is InChI=1S/C22H24BrNO2/c1-21(2)11-16-15(19(24-21)13-7-6-8-14(23)9-13)10-18(25-5)20-17(16)12-22(3,4)26-20/h6-10H,11-12H2,1-5H3. The zero-order chi connectivity index (χ0) is 18.7. The van der Waals surface area contributed by atoms with Crippen LogP contribution in [0.3, 0.4) is 0 Å². The highest BCUT2D eigenvalue weighted by atomic mass is 79.9. The maximum absolute atomic E-state index is 6.24. The molecule has 136 valence electrons. The molecule has 0 aliphatic carbocycles. The van der Waals surface area contributed by atoms with Gasteiger partial charge in [-0.2, -0.15) is 0 Å². The Kier molecular flexibility index (Phi) is 3.96. The highest BCUT2D eigenvalue weighted by Crippen LogP contribution is 2.47. The fourth-order valence-corrected chi connectivity index (χ4v) is 4.42. The van der Waals surface area contributed by atoms with Gasteiger partial charge in [-0.25, -0.2) is 0 Å². The summed E-state index contributed by atoms with van der Waals surface area (Å²) in [6, 6.07) is 10.4. The Morgan fingerprint density at radius 1 is 1.08 bits per heavy atom. The molecule has 2 aromatic carbocycles. The van der Waals surface area contributed by atoms with Gasteiger partial charge in [0, 0.05) is 27.6 Å². The van der Waals surface area contributed by atoms with Crippen LogP contribution in [0.2, 0.25) is 0 Å². The lowest BCUT2D eigenvalue weighted by molar-refractivity contribution is 0.134. The van der Waals surface area contributed by atoms with Gasteiger partial charge in [0.25, 0.3) is 0 Å². The molecule has 0 amide bonds. The van der Waals surface area contributed by atoms with E-state index in [2.05, 4.69) is 67.9 Å². The molecule has 0 aromatic heterocycles. The summed E-state index contributed by atoms with van der Waals surface area (Å²) in [6.45, 7) is 8.67. The molecule has 0 saturated heterocycles. The zero-order valence-electron chi connectivity index (χ0n) is 15.9. The number of hydrogen-bond acceptors (Lipinski definition) is 3. The molecule has 2 heterocycles. The summed E-state index contributed by atoms with van der Waals surface area (Å²) in [5.41, 5.74) is 5.58. The summed E-state index contributed by atoms with van der Waals surface area (Å²) in [7, 11) is 1.71. The van der Waals surface area contributed by atoms with E-state index in [1.165, 1.54) is 16.7 Å². The van der Waals surface area contributed by atoms with E-state index in [0.717, 1.165) is 40.1 Å². The molecule has 0 saturated carbocycles. The van der Waals surface area contributed by atoms with E-state index in [1.807, 2.05) is 6.07 Å². The first-order valence-corrected chi connectivity index (χ1v) is 9.76. The largest absolute Gasteiger partial charge is 0.493 e. The lowest BCUT2D eigenvalue weighted by atomic mass is 9.80. The summed E-state index contributed by atoms with van der Waals surface area (Å²) in [5.74, 6) is 1.70. The third kappa shape index (κ3) is 2.94.